The molecule has 3 atom stereocenters. The van der Waals surface area contributed by atoms with E-state index in [9.17, 15) is 4.79 Å². The van der Waals surface area contributed by atoms with Gasteiger partial charge in [0, 0.05) is 18.1 Å². The number of hydrogen-bond acceptors (Lipinski definition) is 2. The van der Waals surface area contributed by atoms with Gasteiger partial charge in [0.05, 0.1) is 0 Å². The molecule has 120 valence electrons. The number of rotatable bonds is 9. The third kappa shape index (κ3) is 5.12. The first kappa shape index (κ1) is 16.5. The van der Waals surface area contributed by atoms with E-state index < -0.39 is 0 Å². The van der Waals surface area contributed by atoms with Crippen LogP contribution in [-0.4, -0.2) is 11.6 Å². The second-order valence-electron chi connectivity index (χ2n) is 7.09. The maximum absolute atomic E-state index is 11.8. The van der Waals surface area contributed by atoms with Crippen LogP contribution in [0.25, 0.3) is 0 Å². The molecule has 0 saturated heterocycles. The fraction of sp³-hybridized carbons (Fsp3) is 0.889. The third-order valence-corrected chi connectivity index (χ3v) is 5.39. The van der Waals surface area contributed by atoms with Crippen LogP contribution in [0.2, 0.25) is 0 Å². The molecule has 21 heavy (non-hydrogen) atoms. The van der Waals surface area contributed by atoms with Gasteiger partial charge in [-0.25, -0.2) is 5.43 Å². The summed E-state index contributed by atoms with van der Waals surface area (Å²) >= 11 is 0. The number of carbonyl (C=O) groups excluding carboxylic acids is 1. The molecular formula is C18H32N2O. The van der Waals surface area contributed by atoms with Gasteiger partial charge in [-0.05, 0) is 44.4 Å². The number of nitrogens with one attached hydrogen (secondary N) is 1. The largest absolute Gasteiger partial charge is 0.273 e. The van der Waals surface area contributed by atoms with Gasteiger partial charge in [0.2, 0.25) is 5.91 Å². The van der Waals surface area contributed by atoms with Gasteiger partial charge in [0.15, 0.2) is 0 Å². The summed E-state index contributed by atoms with van der Waals surface area (Å²) in [4.78, 5) is 11.8. The van der Waals surface area contributed by atoms with E-state index in [0.717, 1.165) is 24.0 Å². The van der Waals surface area contributed by atoms with E-state index in [2.05, 4.69) is 24.4 Å². The molecular weight excluding hydrogens is 260 g/mol. The minimum atomic E-state index is 0.0907. The Kier molecular flexibility index (Phi) is 6.72. The van der Waals surface area contributed by atoms with Crippen LogP contribution in [0.3, 0.4) is 0 Å². The van der Waals surface area contributed by atoms with E-state index in [1.807, 2.05) is 0 Å². The van der Waals surface area contributed by atoms with E-state index in [0.29, 0.717) is 12.3 Å². The molecule has 0 spiro atoms. The summed E-state index contributed by atoms with van der Waals surface area (Å²) in [6.07, 6.45) is 13.4. The minimum absolute atomic E-state index is 0.0907. The molecule has 0 radical (unpaired) electrons. The van der Waals surface area contributed by atoms with Crippen LogP contribution in [0.1, 0.15) is 84.5 Å². The van der Waals surface area contributed by atoms with Crippen LogP contribution in [0, 0.1) is 17.8 Å². The third-order valence-electron chi connectivity index (χ3n) is 5.39. The lowest BCUT2D eigenvalue weighted by Gasteiger charge is -2.21. The Morgan fingerprint density at radius 2 is 1.86 bits per heavy atom. The van der Waals surface area contributed by atoms with Gasteiger partial charge in [0.1, 0.15) is 0 Å². The van der Waals surface area contributed by atoms with Crippen LogP contribution >= 0.6 is 0 Å². The van der Waals surface area contributed by atoms with Crippen LogP contribution in [-0.2, 0) is 4.79 Å². The maximum Gasteiger partial charge on any atom is 0.240 e. The minimum Gasteiger partial charge on any atom is -0.273 e. The van der Waals surface area contributed by atoms with Crippen molar-refractivity contribution in [3.63, 3.8) is 0 Å². The van der Waals surface area contributed by atoms with Crippen LogP contribution in [0.15, 0.2) is 5.10 Å². The highest BCUT2D eigenvalue weighted by molar-refractivity contribution is 5.86. The smallest absolute Gasteiger partial charge is 0.240 e. The molecule has 0 aromatic heterocycles. The quantitative estimate of drug-likeness (QED) is 0.374. The molecule has 0 aromatic rings. The van der Waals surface area contributed by atoms with E-state index in [1.54, 1.807) is 0 Å². The molecule has 0 heterocycles. The number of hydrogen-bond donors (Lipinski definition) is 1. The maximum atomic E-state index is 11.8. The summed E-state index contributed by atoms with van der Waals surface area (Å²) in [5.74, 6) is 2.50. The normalized spacial score (nSPS) is 28.1. The second kappa shape index (κ2) is 8.55. The average molecular weight is 292 g/mol. The molecule has 3 nitrogen and oxygen atoms in total. The molecule has 2 aliphatic carbocycles. The zero-order chi connectivity index (χ0) is 15.1. The number of amides is 1. The van der Waals surface area contributed by atoms with Gasteiger partial charge in [-0.2, -0.15) is 5.10 Å². The average Bonchev–Trinajstić information content (AvgIpc) is 3.11. The molecule has 2 bridgehead atoms. The number of carbonyl (C=O) groups is 1. The monoisotopic (exact) mass is 292 g/mol. The standard InChI is InChI=1S/C18H32N2O/c1-3-4-5-6-7-8-9-18(21)20-19-14(2)17-13-15-10-11-16(17)12-15/h15-17H,3-13H2,1-2H3,(H,20,21)/b19-14+. The summed E-state index contributed by atoms with van der Waals surface area (Å²) in [7, 11) is 0. The fourth-order valence-corrected chi connectivity index (χ4v) is 4.11. The first-order valence-electron chi connectivity index (χ1n) is 9.03. The lowest BCUT2D eigenvalue weighted by Crippen LogP contribution is -2.24. The van der Waals surface area contributed by atoms with Crippen molar-refractivity contribution in [3.05, 3.63) is 0 Å². The fourth-order valence-electron chi connectivity index (χ4n) is 4.11. The molecule has 3 heteroatoms. The first-order valence-corrected chi connectivity index (χ1v) is 9.03. The zero-order valence-corrected chi connectivity index (χ0v) is 13.9. The number of nitrogens with zero attached hydrogens (tertiary/aromatic N) is 1. The molecule has 1 N–H and O–H groups in total. The Balaban J connectivity index is 1.58. The van der Waals surface area contributed by atoms with Crippen molar-refractivity contribution in [1.29, 1.82) is 0 Å². The van der Waals surface area contributed by atoms with E-state index in [1.165, 1.54) is 57.8 Å². The van der Waals surface area contributed by atoms with Crippen LogP contribution < -0.4 is 5.43 Å². The highest BCUT2D eigenvalue weighted by Gasteiger charge is 2.40. The van der Waals surface area contributed by atoms with Gasteiger partial charge < -0.3 is 0 Å². The Bertz CT molecular complexity index is 364. The van der Waals surface area contributed by atoms with E-state index in [4.69, 9.17) is 0 Å². The molecule has 2 rings (SSSR count). The molecule has 3 unspecified atom stereocenters. The van der Waals surface area contributed by atoms with Crippen LogP contribution in [0.4, 0.5) is 0 Å². The first-order chi connectivity index (χ1) is 10.2. The molecule has 2 saturated carbocycles. The summed E-state index contributed by atoms with van der Waals surface area (Å²) in [6, 6.07) is 0. The Morgan fingerprint density at radius 1 is 1.10 bits per heavy atom. The lowest BCUT2D eigenvalue weighted by atomic mass is 9.86. The van der Waals surface area contributed by atoms with Crippen molar-refractivity contribution < 1.29 is 4.79 Å². The lowest BCUT2D eigenvalue weighted by molar-refractivity contribution is -0.121. The van der Waals surface area contributed by atoms with Crippen molar-refractivity contribution in [2.75, 3.05) is 0 Å². The Labute approximate surface area is 130 Å². The second-order valence-corrected chi connectivity index (χ2v) is 7.09. The Hall–Kier alpha value is -0.860. The molecule has 0 aromatic carbocycles. The highest BCUT2D eigenvalue weighted by Crippen LogP contribution is 2.48. The van der Waals surface area contributed by atoms with Crippen molar-refractivity contribution in [3.8, 4) is 0 Å². The predicted molar refractivity (Wildman–Crippen MR) is 88.2 cm³/mol. The van der Waals surface area contributed by atoms with Crippen molar-refractivity contribution >= 4 is 11.6 Å². The Morgan fingerprint density at radius 3 is 2.52 bits per heavy atom. The molecule has 0 aliphatic heterocycles. The molecule has 2 fully saturated rings. The van der Waals surface area contributed by atoms with E-state index >= 15 is 0 Å². The van der Waals surface area contributed by atoms with E-state index in [-0.39, 0.29) is 5.91 Å². The molecule has 2 aliphatic rings. The summed E-state index contributed by atoms with van der Waals surface area (Å²) < 4.78 is 0. The van der Waals surface area contributed by atoms with Gasteiger partial charge in [0.25, 0.3) is 0 Å². The topological polar surface area (TPSA) is 41.5 Å². The number of unbranched alkanes of at least 4 members (excludes halogenated alkanes) is 5. The van der Waals surface area contributed by atoms with Gasteiger partial charge in [-0.3, -0.25) is 4.79 Å². The molecule has 1 amide bonds. The van der Waals surface area contributed by atoms with Gasteiger partial charge >= 0.3 is 0 Å². The van der Waals surface area contributed by atoms with Crippen molar-refractivity contribution in [2.45, 2.75) is 84.5 Å². The zero-order valence-electron chi connectivity index (χ0n) is 13.9. The highest BCUT2D eigenvalue weighted by atomic mass is 16.2. The van der Waals surface area contributed by atoms with Gasteiger partial charge in [-0.1, -0.05) is 45.4 Å². The summed E-state index contributed by atoms with van der Waals surface area (Å²) in [5, 5.41) is 4.37. The van der Waals surface area contributed by atoms with Crippen molar-refractivity contribution in [1.82, 2.24) is 5.43 Å². The summed E-state index contributed by atoms with van der Waals surface area (Å²) in [5.41, 5.74) is 3.92. The number of fused-ring (bicyclic) bond motifs is 2. The van der Waals surface area contributed by atoms with Crippen molar-refractivity contribution in [2.24, 2.45) is 22.9 Å². The number of hydrazone groups is 1. The SMILES string of the molecule is CCCCCCCCC(=O)N/N=C(\C)C1CC2CCC1C2. The predicted octanol–water partition coefficient (Wildman–Crippen LogP) is 4.67. The van der Waals surface area contributed by atoms with Crippen LogP contribution in [0.5, 0.6) is 0 Å². The van der Waals surface area contributed by atoms with Gasteiger partial charge in [-0.15, -0.1) is 0 Å². The summed E-state index contributed by atoms with van der Waals surface area (Å²) in [6.45, 7) is 4.32.